The van der Waals surface area contributed by atoms with Crippen molar-refractivity contribution in [1.82, 2.24) is 5.32 Å². The molecule has 1 aromatic carbocycles. The van der Waals surface area contributed by atoms with Gasteiger partial charge in [-0.1, -0.05) is 18.2 Å². The molecule has 0 bridgehead atoms. The Morgan fingerprint density at radius 1 is 1.40 bits per heavy atom. The van der Waals surface area contributed by atoms with E-state index in [4.69, 9.17) is 9.47 Å². The lowest BCUT2D eigenvalue weighted by Gasteiger charge is -2.26. The van der Waals surface area contributed by atoms with Gasteiger partial charge in [0.2, 0.25) is 0 Å². The lowest BCUT2D eigenvalue weighted by Crippen LogP contribution is -2.36. The summed E-state index contributed by atoms with van der Waals surface area (Å²) in [7, 11) is 0. The summed E-state index contributed by atoms with van der Waals surface area (Å²) in [5.41, 5.74) is 2.96. The summed E-state index contributed by atoms with van der Waals surface area (Å²) in [4.78, 5) is 14.3. The maximum Gasteiger partial charge on any atom is 0.414 e. The van der Waals surface area contributed by atoms with Crippen LogP contribution < -0.4 is 10.2 Å². The van der Waals surface area contributed by atoms with Crippen molar-refractivity contribution in [2.75, 3.05) is 31.2 Å². The van der Waals surface area contributed by atoms with Gasteiger partial charge in [0, 0.05) is 26.3 Å². The Kier molecular flexibility index (Phi) is 5.64. The molecule has 0 aromatic heterocycles. The van der Waals surface area contributed by atoms with E-state index in [1.54, 1.807) is 4.90 Å². The molecule has 25 heavy (non-hydrogen) atoms. The average Bonchev–Trinajstić information content (AvgIpc) is 3.19. The molecule has 2 heterocycles. The minimum absolute atomic E-state index is 0.248. The number of benzene rings is 1. The molecule has 2 aliphatic heterocycles. The zero-order valence-corrected chi connectivity index (χ0v) is 15.6. The van der Waals surface area contributed by atoms with Gasteiger partial charge in [0.25, 0.3) is 0 Å². The molecular weight excluding hydrogens is 316 g/mol. The summed E-state index contributed by atoms with van der Waals surface area (Å²) in [5, 5.41) is 3.53. The number of fused-ring (bicyclic) bond motifs is 1. The first-order valence-corrected chi connectivity index (χ1v) is 9.34. The van der Waals surface area contributed by atoms with Gasteiger partial charge in [-0.15, -0.1) is 0 Å². The van der Waals surface area contributed by atoms with E-state index in [-0.39, 0.29) is 6.09 Å². The van der Waals surface area contributed by atoms with E-state index in [1.165, 1.54) is 17.5 Å². The van der Waals surface area contributed by atoms with E-state index in [9.17, 15) is 4.79 Å². The highest BCUT2D eigenvalue weighted by Crippen LogP contribution is 2.33. The number of carbonyl (C=O) groups excluding carboxylic acids is 1. The third-order valence-corrected chi connectivity index (χ3v) is 4.76. The summed E-state index contributed by atoms with van der Waals surface area (Å²) in [6.07, 6.45) is 2.96. The quantitative estimate of drug-likeness (QED) is 0.829. The van der Waals surface area contributed by atoms with Crippen LogP contribution in [0, 0.1) is 5.92 Å². The maximum atomic E-state index is 12.5. The van der Waals surface area contributed by atoms with Gasteiger partial charge in [-0.05, 0) is 63.6 Å². The topological polar surface area (TPSA) is 50.8 Å². The summed E-state index contributed by atoms with van der Waals surface area (Å²) in [5.74, 6) is 0.687. The third-order valence-electron chi connectivity index (χ3n) is 4.76. The highest BCUT2D eigenvalue weighted by atomic mass is 16.6. The predicted octanol–water partition coefficient (Wildman–Crippen LogP) is 3.50. The SMILES string of the molecule is CC(C)(C)OC(=O)N1CCc2cccc(CNCCC3CCOC3)c21. The fourth-order valence-electron chi connectivity index (χ4n) is 3.52. The molecule has 5 nitrogen and oxygen atoms in total. The van der Waals surface area contributed by atoms with Crippen LogP contribution in [0.4, 0.5) is 10.5 Å². The van der Waals surface area contributed by atoms with Gasteiger partial charge < -0.3 is 14.8 Å². The van der Waals surface area contributed by atoms with Gasteiger partial charge >= 0.3 is 6.09 Å². The molecule has 138 valence electrons. The average molecular weight is 346 g/mol. The summed E-state index contributed by atoms with van der Waals surface area (Å²) >= 11 is 0. The molecule has 3 rings (SSSR count). The van der Waals surface area contributed by atoms with Crippen LogP contribution in [-0.4, -0.2) is 38.0 Å². The standard InChI is InChI=1S/C20H30N2O3/c1-20(2,3)25-19(23)22-11-8-16-5-4-6-17(18(16)22)13-21-10-7-15-9-12-24-14-15/h4-6,15,21H,7-14H2,1-3H3. The Hall–Kier alpha value is -1.59. The zero-order valence-electron chi connectivity index (χ0n) is 15.6. The number of hydrogen-bond acceptors (Lipinski definition) is 4. The highest BCUT2D eigenvalue weighted by molar-refractivity contribution is 5.91. The van der Waals surface area contributed by atoms with Crippen LogP contribution in [0.25, 0.3) is 0 Å². The van der Waals surface area contributed by atoms with Crippen LogP contribution in [0.2, 0.25) is 0 Å². The van der Waals surface area contributed by atoms with Crippen LogP contribution in [-0.2, 0) is 22.4 Å². The summed E-state index contributed by atoms with van der Waals surface area (Å²) < 4.78 is 11.0. The van der Waals surface area contributed by atoms with E-state index in [2.05, 4.69) is 23.5 Å². The third kappa shape index (κ3) is 4.73. The fraction of sp³-hybridized carbons (Fsp3) is 0.650. The molecule has 2 aliphatic rings. The van der Waals surface area contributed by atoms with E-state index in [0.29, 0.717) is 12.5 Å². The molecule has 1 amide bonds. The highest BCUT2D eigenvalue weighted by Gasteiger charge is 2.30. The first kappa shape index (κ1) is 18.2. The molecule has 1 unspecified atom stereocenters. The number of anilines is 1. The molecule has 0 radical (unpaired) electrons. The van der Waals surface area contributed by atoms with E-state index in [0.717, 1.165) is 44.8 Å². The van der Waals surface area contributed by atoms with Crippen molar-refractivity contribution in [3.8, 4) is 0 Å². The van der Waals surface area contributed by atoms with Gasteiger partial charge in [0.15, 0.2) is 0 Å². The van der Waals surface area contributed by atoms with Crippen molar-refractivity contribution in [3.63, 3.8) is 0 Å². The number of carbonyl (C=O) groups is 1. The molecule has 0 spiro atoms. The van der Waals surface area contributed by atoms with Gasteiger partial charge in [-0.3, -0.25) is 4.90 Å². The largest absolute Gasteiger partial charge is 0.443 e. The van der Waals surface area contributed by atoms with Crippen LogP contribution >= 0.6 is 0 Å². The minimum Gasteiger partial charge on any atom is -0.443 e. The van der Waals surface area contributed by atoms with Crippen LogP contribution in [0.1, 0.15) is 44.7 Å². The van der Waals surface area contributed by atoms with Crippen molar-refractivity contribution in [1.29, 1.82) is 0 Å². The number of amides is 1. The lowest BCUT2D eigenvalue weighted by atomic mass is 10.0. The number of hydrogen-bond donors (Lipinski definition) is 1. The van der Waals surface area contributed by atoms with E-state index in [1.807, 2.05) is 20.8 Å². The van der Waals surface area contributed by atoms with Gasteiger partial charge in [-0.25, -0.2) is 4.79 Å². The number of nitrogens with zero attached hydrogens (tertiary/aromatic N) is 1. The molecule has 0 aliphatic carbocycles. The second-order valence-corrected chi connectivity index (χ2v) is 8.00. The Morgan fingerprint density at radius 3 is 2.96 bits per heavy atom. The lowest BCUT2D eigenvalue weighted by molar-refractivity contribution is 0.0583. The number of ether oxygens (including phenoxy) is 2. The van der Waals surface area contributed by atoms with Crippen molar-refractivity contribution in [2.45, 2.75) is 52.2 Å². The monoisotopic (exact) mass is 346 g/mol. The molecule has 1 N–H and O–H groups in total. The Bertz CT molecular complexity index is 603. The molecule has 0 saturated carbocycles. The summed E-state index contributed by atoms with van der Waals surface area (Å²) in [6.45, 7) is 9.96. The van der Waals surface area contributed by atoms with Crippen molar-refractivity contribution in [2.24, 2.45) is 5.92 Å². The molecule has 5 heteroatoms. The second kappa shape index (κ2) is 7.75. The first-order chi connectivity index (χ1) is 11.9. The predicted molar refractivity (Wildman–Crippen MR) is 99.0 cm³/mol. The van der Waals surface area contributed by atoms with Crippen molar-refractivity contribution in [3.05, 3.63) is 29.3 Å². The molecule has 1 aromatic rings. The molecule has 1 fully saturated rings. The fourth-order valence-corrected chi connectivity index (χ4v) is 3.52. The van der Waals surface area contributed by atoms with Crippen LogP contribution in [0.5, 0.6) is 0 Å². The number of rotatable bonds is 5. The van der Waals surface area contributed by atoms with Crippen LogP contribution in [0.3, 0.4) is 0 Å². The Morgan fingerprint density at radius 2 is 2.24 bits per heavy atom. The smallest absolute Gasteiger partial charge is 0.414 e. The number of nitrogens with one attached hydrogen (secondary N) is 1. The Labute approximate surface area is 150 Å². The second-order valence-electron chi connectivity index (χ2n) is 8.00. The van der Waals surface area contributed by atoms with Crippen molar-refractivity contribution < 1.29 is 14.3 Å². The minimum atomic E-state index is -0.476. The van der Waals surface area contributed by atoms with Gasteiger partial charge in [0.1, 0.15) is 5.60 Å². The first-order valence-electron chi connectivity index (χ1n) is 9.34. The van der Waals surface area contributed by atoms with Gasteiger partial charge in [-0.2, -0.15) is 0 Å². The normalized spacial score (nSPS) is 20.0. The van der Waals surface area contributed by atoms with Crippen molar-refractivity contribution >= 4 is 11.8 Å². The summed E-state index contributed by atoms with van der Waals surface area (Å²) in [6, 6.07) is 6.30. The Balaban J connectivity index is 1.61. The van der Waals surface area contributed by atoms with Gasteiger partial charge in [0.05, 0.1) is 5.69 Å². The van der Waals surface area contributed by atoms with E-state index >= 15 is 0 Å². The van der Waals surface area contributed by atoms with E-state index < -0.39 is 5.60 Å². The molecular formula is C20H30N2O3. The maximum absolute atomic E-state index is 12.5. The zero-order chi connectivity index (χ0) is 17.9. The molecule has 1 atom stereocenters. The molecule has 1 saturated heterocycles. The van der Waals surface area contributed by atoms with Crippen LogP contribution in [0.15, 0.2) is 18.2 Å². The number of para-hydroxylation sites is 1.